The van der Waals surface area contributed by atoms with Gasteiger partial charge in [-0.1, -0.05) is 38.2 Å². The highest BCUT2D eigenvalue weighted by Crippen LogP contribution is 2.29. The second kappa shape index (κ2) is 15.9. The number of nitrogens with two attached hydrogens (primary N) is 2. The highest BCUT2D eigenvalue weighted by atomic mass is 16.6. The fourth-order valence-corrected chi connectivity index (χ4v) is 5.09. The predicted molar refractivity (Wildman–Crippen MR) is 166 cm³/mol. The van der Waals surface area contributed by atoms with Crippen LogP contribution in [-0.4, -0.2) is 79.4 Å². The third kappa shape index (κ3) is 10.3. The number of primary amides is 1. The lowest BCUT2D eigenvalue weighted by Crippen LogP contribution is -2.45. The fraction of sp³-hybridized carbons (Fsp3) is 0.562. The van der Waals surface area contributed by atoms with Gasteiger partial charge in [0.15, 0.2) is 6.10 Å². The zero-order chi connectivity index (χ0) is 33.4. The van der Waals surface area contributed by atoms with Gasteiger partial charge in [0.2, 0.25) is 11.6 Å². The average Bonchev–Trinajstić information content (AvgIpc) is 2.93. The Morgan fingerprint density at radius 3 is 2.39 bits per heavy atom. The maximum atomic E-state index is 13.7. The molecule has 2 aliphatic rings. The summed E-state index contributed by atoms with van der Waals surface area (Å²) >= 11 is 0. The van der Waals surface area contributed by atoms with Crippen molar-refractivity contribution in [2.24, 2.45) is 23.3 Å². The van der Waals surface area contributed by atoms with Gasteiger partial charge in [0, 0.05) is 49.4 Å². The third-order valence-corrected chi connectivity index (χ3v) is 7.51. The first-order valence-corrected chi connectivity index (χ1v) is 14.6. The van der Waals surface area contributed by atoms with Gasteiger partial charge >= 0.3 is 6.09 Å². The van der Waals surface area contributed by atoms with Crippen LogP contribution >= 0.6 is 0 Å². The number of aliphatic hydroxyl groups is 1. The van der Waals surface area contributed by atoms with Gasteiger partial charge in [-0.25, -0.2) is 4.79 Å². The maximum Gasteiger partial charge on any atom is 0.405 e. The number of carbonyl (C=O) groups is 4. The highest BCUT2D eigenvalue weighted by molar-refractivity contribution is 6.23. The summed E-state index contributed by atoms with van der Waals surface area (Å²) in [7, 11) is 2.92. The minimum Gasteiger partial charge on any atom is -0.439 e. The number of ether oxygens (including phenoxy) is 3. The Bertz CT molecular complexity index is 1260. The second-order valence-electron chi connectivity index (χ2n) is 12.3. The summed E-state index contributed by atoms with van der Waals surface area (Å²) in [5, 5.41) is 16.9. The SMILES string of the molecule is CO[C@H]1/C=C/C=C(/C)C(=O)NC2=CC(=O)C(NCC(C)(C)N)=C(C[C@@H](C)C[C@H](OC)[C@H](O)[C@@H](C)/C=C(\C)[C@@H]1OC(N)=O)C2=O. The Labute approximate surface area is 259 Å². The van der Waals surface area contributed by atoms with Gasteiger partial charge in [-0.15, -0.1) is 0 Å². The molecule has 0 aromatic carbocycles. The lowest BCUT2D eigenvalue weighted by atomic mass is 9.85. The van der Waals surface area contributed by atoms with Crippen LogP contribution in [0.15, 0.2) is 58.5 Å². The number of methoxy groups -OCH3 is 2. The number of nitrogens with one attached hydrogen (secondary N) is 2. The summed E-state index contributed by atoms with van der Waals surface area (Å²) in [6.07, 6.45) is 3.69. The van der Waals surface area contributed by atoms with E-state index < -0.39 is 59.4 Å². The van der Waals surface area contributed by atoms with E-state index >= 15 is 0 Å². The molecular weight excluding hydrogens is 568 g/mol. The van der Waals surface area contributed by atoms with Gasteiger partial charge < -0.3 is 41.4 Å². The number of carbonyl (C=O) groups excluding carboxylic acids is 4. The van der Waals surface area contributed by atoms with Gasteiger partial charge in [0.25, 0.3) is 5.91 Å². The van der Waals surface area contributed by atoms with Crippen LogP contribution in [0, 0.1) is 11.8 Å². The van der Waals surface area contributed by atoms with E-state index in [2.05, 4.69) is 10.6 Å². The number of rotatable bonds is 6. The molecule has 0 spiro atoms. The molecule has 244 valence electrons. The largest absolute Gasteiger partial charge is 0.439 e. The minimum absolute atomic E-state index is 0.131. The molecule has 0 radical (unpaired) electrons. The predicted octanol–water partition coefficient (Wildman–Crippen LogP) is 2.09. The highest BCUT2D eigenvalue weighted by Gasteiger charge is 2.34. The van der Waals surface area contributed by atoms with E-state index in [0.29, 0.717) is 12.0 Å². The molecule has 0 unspecified atom stereocenters. The summed E-state index contributed by atoms with van der Waals surface area (Å²) in [6, 6.07) is 0. The lowest BCUT2D eigenvalue weighted by molar-refractivity contribution is -0.120. The number of amides is 2. The molecule has 7 N–H and O–H groups in total. The molecular formula is C32H48N4O8. The van der Waals surface area contributed by atoms with E-state index in [4.69, 9.17) is 25.7 Å². The first kappa shape index (κ1) is 36.6. The quantitative estimate of drug-likeness (QED) is 0.218. The second-order valence-corrected chi connectivity index (χ2v) is 12.3. The molecule has 0 aromatic rings. The molecule has 1 heterocycles. The molecule has 0 saturated carbocycles. The Morgan fingerprint density at radius 2 is 1.82 bits per heavy atom. The van der Waals surface area contributed by atoms with Crippen molar-refractivity contribution in [3.05, 3.63) is 58.5 Å². The zero-order valence-corrected chi connectivity index (χ0v) is 26.9. The van der Waals surface area contributed by atoms with Gasteiger partial charge in [-0.05, 0) is 52.0 Å². The van der Waals surface area contributed by atoms with Gasteiger partial charge in [0.05, 0.1) is 23.6 Å². The monoisotopic (exact) mass is 616 g/mol. The van der Waals surface area contributed by atoms with E-state index in [-0.39, 0.29) is 41.4 Å². The number of hydrogen-bond donors (Lipinski definition) is 5. The van der Waals surface area contributed by atoms with Crippen LogP contribution in [0.5, 0.6) is 0 Å². The number of ketones is 2. The van der Waals surface area contributed by atoms with E-state index in [1.807, 2.05) is 6.92 Å². The molecule has 12 nitrogen and oxygen atoms in total. The summed E-state index contributed by atoms with van der Waals surface area (Å²) < 4.78 is 16.6. The molecule has 44 heavy (non-hydrogen) atoms. The Balaban J connectivity index is 2.63. The third-order valence-electron chi connectivity index (χ3n) is 7.51. The molecule has 0 aromatic heterocycles. The number of allylic oxidation sites excluding steroid dienone is 4. The number of aliphatic hydroxyl groups excluding tert-OH is 1. The Kier molecular flexibility index (Phi) is 13.3. The lowest BCUT2D eigenvalue weighted by Gasteiger charge is -2.30. The van der Waals surface area contributed by atoms with Crippen molar-refractivity contribution in [3.63, 3.8) is 0 Å². The smallest absolute Gasteiger partial charge is 0.405 e. The van der Waals surface area contributed by atoms with Gasteiger partial charge in [-0.3, -0.25) is 14.4 Å². The summed E-state index contributed by atoms with van der Waals surface area (Å²) in [6.45, 7) is 10.8. The molecule has 12 heteroatoms. The van der Waals surface area contributed by atoms with Crippen LogP contribution < -0.4 is 22.1 Å². The van der Waals surface area contributed by atoms with Crippen LogP contribution in [0.3, 0.4) is 0 Å². The molecule has 1 aliphatic carbocycles. The Hall–Kier alpha value is -3.58. The number of Topliss-reactive ketones (excluding diaryl/α,β-unsaturated/α-hetero) is 1. The number of fused-ring (bicyclic) bond motifs is 2. The van der Waals surface area contributed by atoms with Crippen molar-refractivity contribution >= 4 is 23.6 Å². The molecule has 2 rings (SSSR count). The van der Waals surface area contributed by atoms with Crippen molar-refractivity contribution in [1.29, 1.82) is 0 Å². The van der Waals surface area contributed by atoms with Crippen molar-refractivity contribution in [2.45, 2.75) is 84.3 Å². The molecule has 2 amide bonds. The summed E-state index contributed by atoms with van der Waals surface area (Å²) in [5.74, 6) is -2.21. The van der Waals surface area contributed by atoms with Crippen LogP contribution in [0.2, 0.25) is 0 Å². The Morgan fingerprint density at radius 1 is 1.16 bits per heavy atom. The minimum atomic E-state index is -1.00. The van der Waals surface area contributed by atoms with Gasteiger partial charge in [0.1, 0.15) is 6.10 Å². The van der Waals surface area contributed by atoms with Crippen molar-refractivity contribution in [2.75, 3.05) is 20.8 Å². The fourth-order valence-electron chi connectivity index (χ4n) is 5.09. The molecule has 2 bridgehead atoms. The number of hydrogen-bond acceptors (Lipinski definition) is 10. The van der Waals surface area contributed by atoms with E-state index in [1.165, 1.54) is 20.3 Å². The van der Waals surface area contributed by atoms with Crippen LogP contribution in [0.25, 0.3) is 0 Å². The van der Waals surface area contributed by atoms with Crippen LogP contribution in [-0.2, 0) is 28.6 Å². The summed E-state index contributed by atoms with van der Waals surface area (Å²) in [4.78, 5) is 51.7. The first-order chi connectivity index (χ1) is 20.5. The summed E-state index contributed by atoms with van der Waals surface area (Å²) in [5.41, 5.74) is 11.8. The topological polar surface area (TPSA) is 192 Å². The van der Waals surface area contributed by atoms with E-state index in [0.717, 1.165) is 6.08 Å². The zero-order valence-electron chi connectivity index (χ0n) is 26.9. The van der Waals surface area contributed by atoms with E-state index in [1.54, 1.807) is 52.8 Å². The van der Waals surface area contributed by atoms with Crippen molar-refractivity contribution in [1.82, 2.24) is 10.6 Å². The van der Waals surface area contributed by atoms with Crippen LogP contribution in [0.4, 0.5) is 4.79 Å². The van der Waals surface area contributed by atoms with Crippen molar-refractivity contribution < 1.29 is 38.5 Å². The maximum absolute atomic E-state index is 13.7. The molecule has 1 aliphatic heterocycles. The van der Waals surface area contributed by atoms with Gasteiger partial charge in [-0.2, -0.15) is 0 Å². The normalized spacial score (nSPS) is 31.2. The molecule has 0 fully saturated rings. The molecule has 0 saturated heterocycles. The first-order valence-electron chi connectivity index (χ1n) is 14.6. The molecule has 6 atom stereocenters. The van der Waals surface area contributed by atoms with Crippen molar-refractivity contribution in [3.8, 4) is 0 Å². The standard InChI is InChI=1S/C32H48N4O8/c1-17-12-21-26(35-16-32(5,6)34)23(37)15-22(28(21)39)36-30(40)18(2)10-9-11-24(42-7)29(44-31(33)41)20(4)14-19(3)27(38)25(13-17)43-8/h9-11,14-15,17,19,24-25,27,29,35,38H,12-13,16,34H2,1-8H3,(H2,33,41)(H,36,40)/b11-9+,18-10-,20-14+/t17-,19+,24+,25+,27-,29+/m1/s1. The average molecular weight is 617 g/mol. The van der Waals surface area contributed by atoms with Crippen LogP contribution in [0.1, 0.15) is 54.4 Å². The van der Waals surface area contributed by atoms with E-state index in [9.17, 15) is 24.3 Å².